The van der Waals surface area contributed by atoms with Crippen LogP contribution in [0.4, 0.5) is 5.69 Å². The predicted octanol–water partition coefficient (Wildman–Crippen LogP) is 4.84. The first-order valence-electron chi connectivity index (χ1n) is 9.80. The van der Waals surface area contributed by atoms with Crippen LogP contribution < -0.4 is 20.1 Å². The smallest absolute Gasteiger partial charge is 0.272 e. The van der Waals surface area contributed by atoms with Gasteiger partial charge in [-0.2, -0.15) is 0 Å². The molecule has 0 fully saturated rings. The number of hydrogen-bond acceptors (Lipinski definition) is 5. The quantitative estimate of drug-likeness (QED) is 0.381. The Hall–Kier alpha value is -3.71. The molecular formula is C25H24N2O4S. The van der Waals surface area contributed by atoms with Crippen molar-refractivity contribution in [3.63, 3.8) is 0 Å². The third kappa shape index (κ3) is 5.70. The highest BCUT2D eigenvalue weighted by Crippen LogP contribution is 2.32. The molecule has 0 aromatic heterocycles. The molecule has 3 rings (SSSR count). The summed E-state index contributed by atoms with van der Waals surface area (Å²) in [5.41, 5.74) is 1.72. The molecule has 0 aliphatic rings. The topological polar surface area (TPSA) is 76.7 Å². The molecule has 2 amide bonds. The number of hydrogen-bond donors (Lipinski definition) is 2. The summed E-state index contributed by atoms with van der Waals surface area (Å²) < 4.78 is 10.8. The summed E-state index contributed by atoms with van der Waals surface area (Å²) in [5.74, 6) is 0.117. The SMILES string of the molecule is COc1cccc(/C=C(/NC(=O)c2ccccc2)C(=O)Nc2cccc(SC)c2)c1OC. The molecule has 2 N–H and O–H groups in total. The molecule has 0 spiro atoms. The van der Waals surface area contributed by atoms with E-state index in [-0.39, 0.29) is 5.70 Å². The van der Waals surface area contributed by atoms with Crippen molar-refractivity contribution in [2.75, 3.05) is 25.8 Å². The largest absolute Gasteiger partial charge is 0.493 e. The molecule has 0 heterocycles. The van der Waals surface area contributed by atoms with Crippen LogP contribution in [-0.4, -0.2) is 32.3 Å². The van der Waals surface area contributed by atoms with Crippen molar-refractivity contribution in [2.45, 2.75) is 4.90 Å². The Morgan fingerprint density at radius 3 is 2.34 bits per heavy atom. The van der Waals surface area contributed by atoms with Gasteiger partial charge in [0.2, 0.25) is 0 Å². The normalized spacial score (nSPS) is 10.9. The van der Waals surface area contributed by atoms with Crippen molar-refractivity contribution >= 4 is 35.3 Å². The number of para-hydroxylation sites is 1. The minimum absolute atomic E-state index is 0.0694. The minimum atomic E-state index is -0.461. The third-order valence-corrected chi connectivity index (χ3v) is 5.31. The summed E-state index contributed by atoms with van der Waals surface area (Å²) in [7, 11) is 3.06. The first-order valence-corrected chi connectivity index (χ1v) is 11.0. The van der Waals surface area contributed by atoms with Gasteiger partial charge in [0.05, 0.1) is 14.2 Å². The Morgan fingerprint density at radius 1 is 0.906 bits per heavy atom. The van der Waals surface area contributed by atoms with Gasteiger partial charge in [-0.15, -0.1) is 11.8 Å². The van der Waals surface area contributed by atoms with E-state index in [2.05, 4.69) is 10.6 Å². The van der Waals surface area contributed by atoms with Crippen LogP contribution in [-0.2, 0) is 4.79 Å². The number of amides is 2. The zero-order valence-electron chi connectivity index (χ0n) is 18.0. The number of thioether (sulfide) groups is 1. The standard InChI is InChI=1S/C25H24N2O4S/c1-30-22-14-7-11-18(23(22)31-2)15-21(27-24(28)17-9-5-4-6-10-17)25(29)26-19-12-8-13-20(16-19)32-3/h4-16H,1-3H3,(H,26,29)(H,27,28)/b21-15+. The van der Waals surface area contributed by atoms with E-state index in [9.17, 15) is 9.59 Å². The molecule has 0 saturated carbocycles. The molecular weight excluding hydrogens is 424 g/mol. The van der Waals surface area contributed by atoms with Gasteiger partial charge in [0, 0.05) is 21.7 Å². The molecule has 0 unspecified atom stereocenters. The lowest BCUT2D eigenvalue weighted by atomic mass is 10.1. The van der Waals surface area contributed by atoms with Crippen LogP contribution in [0.3, 0.4) is 0 Å². The maximum Gasteiger partial charge on any atom is 0.272 e. The van der Waals surface area contributed by atoms with Crippen molar-refractivity contribution in [1.29, 1.82) is 0 Å². The van der Waals surface area contributed by atoms with E-state index in [4.69, 9.17) is 9.47 Å². The molecule has 0 atom stereocenters. The molecule has 0 radical (unpaired) electrons. The average Bonchev–Trinajstić information content (AvgIpc) is 2.83. The Balaban J connectivity index is 1.98. The van der Waals surface area contributed by atoms with E-state index in [0.29, 0.717) is 28.3 Å². The van der Waals surface area contributed by atoms with Crippen molar-refractivity contribution in [1.82, 2.24) is 5.32 Å². The maximum atomic E-state index is 13.2. The summed E-state index contributed by atoms with van der Waals surface area (Å²) in [6.07, 6.45) is 3.53. The van der Waals surface area contributed by atoms with Gasteiger partial charge in [0.1, 0.15) is 5.70 Å². The minimum Gasteiger partial charge on any atom is -0.493 e. The number of benzene rings is 3. The van der Waals surface area contributed by atoms with E-state index in [0.717, 1.165) is 4.90 Å². The van der Waals surface area contributed by atoms with Gasteiger partial charge in [-0.05, 0) is 48.7 Å². The number of nitrogens with one attached hydrogen (secondary N) is 2. The Kier molecular flexibility index (Phi) is 7.94. The lowest BCUT2D eigenvalue weighted by Crippen LogP contribution is -2.30. The van der Waals surface area contributed by atoms with E-state index < -0.39 is 11.8 Å². The van der Waals surface area contributed by atoms with Crippen molar-refractivity contribution in [3.8, 4) is 11.5 Å². The Morgan fingerprint density at radius 2 is 1.66 bits per heavy atom. The molecule has 0 aliphatic carbocycles. The first-order chi connectivity index (χ1) is 15.5. The molecule has 7 heteroatoms. The molecule has 164 valence electrons. The van der Waals surface area contributed by atoms with Crippen molar-refractivity contribution in [3.05, 3.63) is 89.6 Å². The second-order valence-electron chi connectivity index (χ2n) is 6.65. The molecule has 32 heavy (non-hydrogen) atoms. The van der Waals surface area contributed by atoms with Crippen LogP contribution in [0, 0.1) is 0 Å². The summed E-state index contributed by atoms with van der Waals surface area (Å²) in [6, 6.07) is 21.5. The molecule has 3 aromatic carbocycles. The highest BCUT2D eigenvalue weighted by Gasteiger charge is 2.17. The lowest BCUT2D eigenvalue weighted by Gasteiger charge is -2.14. The van der Waals surface area contributed by atoms with Crippen LogP contribution in [0.15, 0.2) is 83.4 Å². The highest BCUT2D eigenvalue weighted by molar-refractivity contribution is 7.98. The molecule has 0 aliphatic heterocycles. The summed E-state index contributed by atoms with van der Waals surface area (Å²) in [4.78, 5) is 27.0. The van der Waals surface area contributed by atoms with Crippen LogP contribution in [0.5, 0.6) is 11.5 Å². The lowest BCUT2D eigenvalue weighted by molar-refractivity contribution is -0.113. The maximum absolute atomic E-state index is 13.2. The van der Waals surface area contributed by atoms with Crippen LogP contribution in [0.25, 0.3) is 6.08 Å². The van der Waals surface area contributed by atoms with E-state index >= 15 is 0 Å². The Labute approximate surface area is 191 Å². The van der Waals surface area contributed by atoms with Crippen LogP contribution >= 0.6 is 11.8 Å². The van der Waals surface area contributed by atoms with Gasteiger partial charge in [-0.25, -0.2) is 0 Å². The fourth-order valence-corrected chi connectivity index (χ4v) is 3.48. The van der Waals surface area contributed by atoms with Gasteiger partial charge in [0.25, 0.3) is 11.8 Å². The predicted molar refractivity (Wildman–Crippen MR) is 128 cm³/mol. The molecule has 0 bridgehead atoms. The van der Waals surface area contributed by atoms with Crippen LogP contribution in [0.1, 0.15) is 15.9 Å². The zero-order chi connectivity index (χ0) is 22.9. The Bertz CT molecular complexity index is 1130. The summed E-state index contributed by atoms with van der Waals surface area (Å²) >= 11 is 1.57. The van der Waals surface area contributed by atoms with Gasteiger partial charge in [-0.3, -0.25) is 9.59 Å². The number of ether oxygens (including phenoxy) is 2. The molecule has 6 nitrogen and oxygen atoms in total. The van der Waals surface area contributed by atoms with Crippen molar-refractivity contribution in [2.24, 2.45) is 0 Å². The average molecular weight is 449 g/mol. The summed E-state index contributed by atoms with van der Waals surface area (Å²) in [6.45, 7) is 0. The van der Waals surface area contributed by atoms with E-state index in [1.807, 2.05) is 30.5 Å². The van der Waals surface area contributed by atoms with Crippen LogP contribution in [0.2, 0.25) is 0 Å². The van der Waals surface area contributed by atoms with Gasteiger partial charge in [0.15, 0.2) is 11.5 Å². The van der Waals surface area contributed by atoms with Gasteiger partial charge >= 0.3 is 0 Å². The zero-order valence-corrected chi connectivity index (χ0v) is 18.9. The second-order valence-corrected chi connectivity index (χ2v) is 7.53. The summed E-state index contributed by atoms with van der Waals surface area (Å²) in [5, 5.41) is 5.58. The van der Waals surface area contributed by atoms with Gasteiger partial charge < -0.3 is 20.1 Å². The number of methoxy groups -OCH3 is 2. The number of carbonyl (C=O) groups is 2. The number of carbonyl (C=O) groups excluding carboxylic acids is 2. The fourth-order valence-electron chi connectivity index (χ4n) is 3.02. The van der Waals surface area contributed by atoms with Crippen molar-refractivity contribution < 1.29 is 19.1 Å². The molecule has 0 saturated heterocycles. The highest BCUT2D eigenvalue weighted by atomic mass is 32.2. The fraction of sp³-hybridized carbons (Fsp3) is 0.120. The monoisotopic (exact) mass is 448 g/mol. The number of rotatable bonds is 8. The van der Waals surface area contributed by atoms with Gasteiger partial charge in [-0.1, -0.05) is 36.4 Å². The van der Waals surface area contributed by atoms with E-state index in [1.165, 1.54) is 14.2 Å². The first kappa shape index (κ1) is 23.0. The second kappa shape index (κ2) is 11.1. The number of anilines is 1. The van der Waals surface area contributed by atoms with E-state index in [1.54, 1.807) is 66.4 Å². The molecule has 3 aromatic rings. The third-order valence-electron chi connectivity index (χ3n) is 4.59.